The number of benzene rings is 2. The zero-order valence-electron chi connectivity index (χ0n) is 20.8. The molecule has 3 rings (SSSR count). The fourth-order valence-corrected chi connectivity index (χ4v) is 4.37. The number of thiophene rings is 1. The van der Waals surface area contributed by atoms with Crippen LogP contribution in [0.3, 0.4) is 0 Å². The summed E-state index contributed by atoms with van der Waals surface area (Å²) < 4.78 is 13.0. The maximum absolute atomic E-state index is 13.0. The lowest BCUT2D eigenvalue weighted by Gasteiger charge is -2.23. The number of hydrogen-bond acceptors (Lipinski definition) is 6. The minimum absolute atomic E-state index is 0.283. The van der Waals surface area contributed by atoms with Crippen molar-refractivity contribution in [1.29, 1.82) is 0 Å². The second-order valence-electron chi connectivity index (χ2n) is 8.33. The van der Waals surface area contributed by atoms with E-state index in [-0.39, 0.29) is 11.7 Å². The van der Waals surface area contributed by atoms with E-state index in [4.69, 9.17) is 0 Å². The van der Waals surface area contributed by atoms with Gasteiger partial charge in [-0.15, -0.1) is 11.3 Å². The number of carbonyl (C=O) groups excluding carboxylic acids is 2. The van der Waals surface area contributed by atoms with Crippen LogP contribution in [0.2, 0.25) is 0 Å². The molecule has 0 saturated carbocycles. The summed E-state index contributed by atoms with van der Waals surface area (Å²) in [6.07, 6.45) is 1.42. The first-order valence-corrected chi connectivity index (χ1v) is 12.7. The minimum atomic E-state index is -0.450. The first-order chi connectivity index (χ1) is 17.4. The molecule has 0 aliphatic heterocycles. The lowest BCUT2D eigenvalue weighted by atomic mass is 10.1. The molecule has 190 valence electrons. The van der Waals surface area contributed by atoms with Crippen molar-refractivity contribution < 1.29 is 14.0 Å². The predicted octanol–water partition coefficient (Wildman–Crippen LogP) is 4.68. The average Bonchev–Trinajstić information content (AvgIpc) is 3.34. The first kappa shape index (κ1) is 27.2. The molecule has 0 radical (unpaired) electrons. The fraction of sp³-hybridized carbons (Fsp3) is 0.296. The smallest absolute Gasteiger partial charge is 0.274 e. The Morgan fingerprint density at radius 3 is 2.50 bits per heavy atom. The number of nitrogens with one attached hydrogen (secondary N) is 2. The predicted molar refractivity (Wildman–Crippen MR) is 144 cm³/mol. The normalized spacial score (nSPS) is 11.4. The van der Waals surface area contributed by atoms with Gasteiger partial charge >= 0.3 is 0 Å². The topological polar surface area (TPSA) is 77.0 Å². The Morgan fingerprint density at radius 2 is 1.78 bits per heavy atom. The number of likely N-dealkylation sites (N-methyl/N-ethyl adjacent to an activating group) is 2. The van der Waals surface area contributed by atoms with E-state index in [0.29, 0.717) is 21.7 Å². The van der Waals surface area contributed by atoms with Crippen LogP contribution >= 0.6 is 11.3 Å². The van der Waals surface area contributed by atoms with Crippen LogP contribution in [-0.2, 0) is 6.54 Å². The molecule has 2 aromatic carbocycles. The van der Waals surface area contributed by atoms with Gasteiger partial charge in [0.2, 0.25) is 0 Å². The molecular formula is C27H32FN5O2S. The molecule has 0 fully saturated rings. The largest absolute Gasteiger partial charge is 0.313 e. The van der Waals surface area contributed by atoms with Crippen LogP contribution in [0.25, 0.3) is 0 Å². The lowest BCUT2D eigenvalue weighted by Crippen LogP contribution is -2.32. The van der Waals surface area contributed by atoms with Crippen molar-refractivity contribution in [3.05, 3.63) is 88.0 Å². The standard InChI is InChI=1S/C27H32FN5O2S/c1-4-33(5-2)15-14-32(3)19-21-7-6-8-22(17-21)25(34)30-27-24(13-16-36-27)26(35)31-29-18-20-9-11-23(28)12-10-20/h6-13,16-18H,4-5,14-15,19H2,1-3H3,(H,30,34)(H,31,35). The zero-order chi connectivity index (χ0) is 25.9. The van der Waals surface area contributed by atoms with Crippen LogP contribution in [-0.4, -0.2) is 61.1 Å². The SMILES string of the molecule is CCN(CC)CCN(C)Cc1cccc(C(=O)Nc2sccc2C(=O)NN=Cc2ccc(F)cc2)c1. The van der Waals surface area contributed by atoms with E-state index in [2.05, 4.69) is 46.5 Å². The molecule has 1 heterocycles. The molecular weight excluding hydrogens is 477 g/mol. The summed E-state index contributed by atoms with van der Waals surface area (Å²) in [5.41, 5.74) is 4.98. The summed E-state index contributed by atoms with van der Waals surface area (Å²) in [5.74, 6) is -1.08. The van der Waals surface area contributed by atoms with Gasteiger partial charge in [0.1, 0.15) is 10.8 Å². The minimum Gasteiger partial charge on any atom is -0.313 e. The van der Waals surface area contributed by atoms with E-state index >= 15 is 0 Å². The van der Waals surface area contributed by atoms with Crippen molar-refractivity contribution in [2.24, 2.45) is 5.10 Å². The van der Waals surface area contributed by atoms with Crippen LogP contribution in [0.5, 0.6) is 0 Å². The Labute approximate surface area is 215 Å². The summed E-state index contributed by atoms with van der Waals surface area (Å²) in [4.78, 5) is 30.1. The van der Waals surface area contributed by atoms with Gasteiger partial charge in [-0.3, -0.25) is 9.59 Å². The third-order valence-electron chi connectivity index (χ3n) is 5.72. The van der Waals surface area contributed by atoms with Crippen molar-refractivity contribution >= 4 is 34.4 Å². The molecule has 0 bridgehead atoms. The molecule has 0 spiro atoms. The summed E-state index contributed by atoms with van der Waals surface area (Å²) in [6, 6.07) is 14.9. The molecule has 0 unspecified atom stereocenters. The van der Waals surface area contributed by atoms with Gasteiger partial charge < -0.3 is 15.1 Å². The fourth-order valence-electron chi connectivity index (χ4n) is 3.59. The molecule has 1 aromatic heterocycles. The molecule has 0 aliphatic carbocycles. The Bertz CT molecular complexity index is 1170. The highest BCUT2D eigenvalue weighted by molar-refractivity contribution is 7.14. The number of halogens is 1. The van der Waals surface area contributed by atoms with Crippen molar-refractivity contribution in [1.82, 2.24) is 15.2 Å². The van der Waals surface area contributed by atoms with Gasteiger partial charge in [0.25, 0.3) is 11.8 Å². The van der Waals surface area contributed by atoms with E-state index < -0.39 is 5.91 Å². The van der Waals surface area contributed by atoms with Gasteiger partial charge in [-0.1, -0.05) is 38.1 Å². The second kappa shape index (κ2) is 13.6. The van der Waals surface area contributed by atoms with E-state index in [1.807, 2.05) is 18.2 Å². The number of carbonyl (C=O) groups is 2. The quantitative estimate of drug-likeness (QED) is 0.275. The highest BCUT2D eigenvalue weighted by Crippen LogP contribution is 2.24. The van der Waals surface area contributed by atoms with Gasteiger partial charge in [0, 0.05) is 25.2 Å². The molecule has 2 amide bonds. The Morgan fingerprint density at radius 1 is 1.03 bits per heavy atom. The third kappa shape index (κ3) is 8.08. The number of nitrogens with zero attached hydrogens (tertiary/aromatic N) is 3. The van der Waals surface area contributed by atoms with Crippen LogP contribution in [0.1, 0.15) is 45.7 Å². The molecule has 2 N–H and O–H groups in total. The van der Waals surface area contributed by atoms with Gasteiger partial charge in [-0.05, 0) is 67.0 Å². The maximum Gasteiger partial charge on any atom is 0.274 e. The number of amides is 2. The van der Waals surface area contributed by atoms with Gasteiger partial charge in [-0.2, -0.15) is 5.10 Å². The second-order valence-corrected chi connectivity index (χ2v) is 9.25. The number of rotatable bonds is 12. The summed E-state index contributed by atoms with van der Waals surface area (Å²) in [7, 11) is 2.07. The number of anilines is 1. The summed E-state index contributed by atoms with van der Waals surface area (Å²) in [6.45, 7) is 9.06. The van der Waals surface area contributed by atoms with Crippen molar-refractivity contribution in [3.8, 4) is 0 Å². The highest BCUT2D eigenvalue weighted by Gasteiger charge is 2.16. The highest BCUT2D eigenvalue weighted by atomic mass is 32.1. The zero-order valence-corrected chi connectivity index (χ0v) is 21.6. The average molecular weight is 510 g/mol. The van der Waals surface area contributed by atoms with Crippen LogP contribution < -0.4 is 10.7 Å². The molecule has 3 aromatic rings. The van der Waals surface area contributed by atoms with Crippen LogP contribution in [0.4, 0.5) is 9.39 Å². The molecule has 0 saturated heterocycles. The lowest BCUT2D eigenvalue weighted by molar-refractivity contribution is 0.0956. The monoisotopic (exact) mass is 509 g/mol. The number of hydrogen-bond donors (Lipinski definition) is 2. The Hall–Kier alpha value is -3.40. The molecule has 0 aliphatic rings. The first-order valence-electron chi connectivity index (χ1n) is 11.9. The third-order valence-corrected chi connectivity index (χ3v) is 6.55. The van der Waals surface area contributed by atoms with Gasteiger partial charge in [0.15, 0.2) is 0 Å². The van der Waals surface area contributed by atoms with Crippen molar-refractivity contribution in [3.63, 3.8) is 0 Å². The van der Waals surface area contributed by atoms with Gasteiger partial charge in [0.05, 0.1) is 11.8 Å². The molecule has 9 heteroatoms. The van der Waals surface area contributed by atoms with E-state index in [9.17, 15) is 14.0 Å². The van der Waals surface area contributed by atoms with Crippen LogP contribution in [0.15, 0.2) is 65.1 Å². The Balaban J connectivity index is 1.58. The van der Waals surface area contributed by atoms with Crippen LogP contribution in [0, 0.1) is 5.82 Å². The van der Waals surface area contributed by atoms with Gasteiger partial charge in [-0.25, -0.2) is 9.82 Å². The summed E-state index contributed by atoms with van der Waals surface area (Å²) >= 11 is 1.26. The maximum atomic E-state index is 13.0. The van der Waals surface area contributed by atoms with E-state index in [1.165, 1.54) is 29.7 Å². The molecule has 0 atom stereocenters. The van der Waals surface area contributed by atoms with Crippen molar-refractivity contribution in [2.45, 2.75) is 20.4 Å². The van der Waals surface area contributed by atoms with E-state index in [1.54, 1.807) is 29.6 Å². The number of hydrazone groups is 1. The van der Waals surface area contributed by atoms with Crippen molar-refractivity contribution in [2.75, 3.05) is 38.5 Å². The Kier molecular flexibility index (Phi) is 10.3. The summed E-state index contributed by atoms with van der Waals surface area (Å²) in [5, 5.41) is 8.93. The molecule has 36 heavy (non-hydrogen) atoms. The van der Waals surface area contributed by atoms with E-state index in [0.717, 1.165) is 38.3 Å². The molecule has 7 nitrogen and oxygen atoms in total.